The molecular formula is C21H26O3. The molecule has 0 aliphatic heterocycles. The summed E-state index contributed by atoms with van der Waals surface area (Å²) in [7, 11) is 0. The van der Waals surface area contributed by atoms with E-state index in [0.29, 0.717) is 18.9 Å². The van der Waals surface area contributed by atoms with Gasteiger partial charge in [0, 0.05) is 0 Å². The van der Waals surface area contributed by atoms with Crippen molar-refractivity contribution >= 4 is 5.97 Å². The molecule has 0 radical (unpaired) electrons. The maximum atomic E-state index is 11.7. The van der Waals surface area contributed by atoms with Crippen molar-refractivity contribution < 1.29 is 14.6 Å². The van der Waals surface area contributed by atoms with Crippen molar-refractivity contribution in [3.05, 3.63) is 65.2 Å². The van der Waals surface area contributed by atoms with E-state index in [0.717, 1.165) is 23.3 Å². The zero-order valence-electron chi connectivity index (χ0n) is 14.7. The molecule has 0 aromatic heterocycles. The number of carboxylic acid groups (broad SMARTS) is 1. The molecule has 2 rings (SSSR count). The van der Waals surface area contributed by atoms with Gasteiger partial charge in [-0.2, -0.15) is 0 Å². The molecule has 0 aliphatic rings. The third-order valence-electron chi connectivity index (χ3n) is 4.01. The van der Waals surface area contributed by atoms with Gasteiger partial charge < -0.3 is 9.84 Å². The number of aliphatic carboxylic acids is 1. The number of benzene rings is 2. The minimum absolute atomic E-state index is 0.456. The van der Waals surface area contributed by atoms with E-state index in [2.05, 4.69) is 20.8 Å². The highest BCUT2D eigenvalue weighted by Gasteiger charge is 2.20. The number of ether oxygens (including phenoxy) is 1. The average Bonchev–Trinajstić information content (AvgIpc) is 2.58. The number of hydrogen-bond donors (Lipinski definition) is 1. The SMILES string of the molecule is CCc1ccc(C(Cc2cccc(OCC(C)C)c2)C(=O)O)cc1. The number of rotatable bonds is 8. The fourth-order valence-corrected chi connectivity index (χ4v) is 2.59. The van der Waals surface area contributed by atoms with Crippen LogP contribution in [0, 0.1) is 5.92 Å². The number of carboxylic acids is 1. The minimum atomic E-state index is -0.798. The normalized spacial score (nSPS) is 12.2. The Labute approximate surface area is 144 Å². The van der Waals surface area contributed by atoms with Crippen LogP contribution in [-0.2, 0) is 17.6 Å². The van der Waals surface area contributed by atoms with Crippen molar-refractivity contribution in [2.75, 3.05) is 6.61 Å². The molecule has 1 atom stereocenters. The van der Waals surface area contributed by atoms with Gasteiger partial charge in [0.2, 0.25) is 0 Å². The molecule has 0 bridgehead atoms. The molecule has 0 saturated heterocycles. The Bertz CT molecular complexity index is 659. The van der Waals surface area contributed by atoms with Crippen molar-refractivity contribution in [2.24, 2.45) is 5.92 Å². The molecule has 24 heavy (non-hydrogen) atoms. The lowest BCUT2D eigenvalue weighted by Crippen LogP contribution is -2.14. The molecule has 2 aromatic carbocycles. The summed E-state index contributed by atoms with van der Waals surface area (Å²) in [5.41, 5.74) is 3.03. The van der Waals surface area contributed by atoms with E-state index in [4.69, 9.17) is 4.74 Å². The molecule has 0 spiro atoms. The summed E-state index contributed by atoms with van der Waals surface area (Å²) in [6, 6.07) is 15.6. The van der Waals surface area contributed by atoms with Crippen LogP contribution >= 0.6 is 0 Å². The predicted molar refractivity (Wildman–Crippen MR) is 96.7 cm³/mol. The molecule has 3 heteroatoms. The van der Waals surface area contributed by atoms with E-state index in [-0.39, 0.29) is 0 Å². The van der Waals surface area contributed by atoms with Crippen LogP contribution in [-0.4, -0.2) is 17.7 Å². The molecule has 0 saturated carbocycles. The van der Waals surface area contributed by atoms with Crippen LogP contribution in [0.15, 0.2) is 48.5 Å². The second-order valence-electron chi connectivity index (χ2n) is 6.54. The van der Waals surface area contributed by atoms with Crippen LogP contribution in [0.1, 0.15) is 43.4 Å². The Balaban J connectivity index is 2.15. The largest absolute Gasteiger partial charge is 0.493 e. The lowest BCUT2D eigenvalue weighted by Gasteiger charge is -2.15. The summed E-state index contributed by atoms with van der Waals surface area (Å²) >= 11 is 0. The zero-order valence-corrected chi connectivity index (χ0v) is 14.7. The highest BCUT2D eigenvalue weighted by atomic mass is 16.5. The van der Waals surface area contributed by atoms with Crippen molar-refractivity contribution in [1.29, 1.82) is 0 Å². The Hall–Kier alpha value is -2.29. The summed E-state index contributed by atoms with van der Waals surface area (Å²) < 4.78 is 5.74. The minimum Gasteiger partial charge on any atom is -0.493 e. The Morgan fingerprint density at radius 3 is 2.38 bits per heavy atom. The van der Waals surface area contributed by atoms with E-state index in [1.54, 1.807) is 0 Å². The molecule has 0 amide bonds. The average molecular weight is 326 g/mol. The van der Waals surface area contributed by atoms with Crippen LogP contribution in [0.2, 0.25) is 0 Å². The van der Waals surface area contributed by atoms with Gasteiger partial charge in [0.15, 0.2) is 0 Å². The quantitative estimate of drug-likeness (QED) is 0.765. The van der Waals surface area contributed by atoms with E-state index >= 15 is 0 Å². The molecule has 1 unspecified atom stereocenters. The summed E-state index contributed by atoms with van der Waals surface area (Å²) in [5.74, 6) is -0.0896. The maximum Gasteiger partial charge on any atom is 0.311 e. The third-order valence-corrected chi connectivity index (χ3v) is 4.01. The van der Waals surface area contributed by atoms with E-state index in [1.165, 1.54) is 5.56 Å². The smallest absolute Gasteiger partial charge is 0.311 e. The standard InChI is InChI=1S/C21H26O3/c1-4-16-8-10-18(11-9-16)20(21(22)23)13-17-6-5-7-19(12-17)24-14-15(2)3/h5-12,15,20H,4,13-14H2,1-3H3,(H,22,23). The highest BCUT2D eigenvalue weighted by Crippen LogP contribution is 2.24. The van der Waals surface area contributed by atoms with E-state index < -0.39 is 11.9 Å². The number of carbonyl (C=O) groups is 1. The number of hydrogen-bond acceptors (Lipinski definition) is 2. The summed E-state index contributed by atoms with van der Waals surface area (Å²) in [5, 5.41) is 9.63. The number of aryl methyl sites for hydroxylation is 1. The van der Waals surface area contributed by atoms with Gasteiger partial charge in [0.25, 0.3) is 0 Å². The maximum absolute atomic E-state index is 11.7. The van der Waals surface area contributed by atoms with Crippen LogP contribution < -0.4 is 4.74 Å². The second kappa shape index (κ2) is 8.53. The van der Waals surface area contributed by atoms with Gasteiger partial charge in [-0.15, -0.1) is 0 Å². The molecule has 0 aliphatic carbocycles. The van der Waals surface area contributed by atoms with Gasteiger partial charge in [-0.1, -0.05) is 57.2 Å². The van der Waals surface area contributed by atoms with Crippen LogP contribution in [0.25, 0.3) is 0 Å². The molecule has 128 valence electrons. The van der Waals surface area contributed by atoms with E-state index in [1.807, 2.05) is 48.5 Å². The fraction of sp³-hybridized carbons (Fsp3) is 0.381. The molecule has 0 fully saturated rings. The Morgan fingerprint density at radius 2 is 1.79 bits per heavy atom. The molecule has 0 heterocycles. The zero-order chi connectivity index (χ0) is 17.5. The first-order valence-electron chi connectivity index (χ1n) is 8.53. The monoisotopic (exact) mass is 326 g/mol. The van der Waals surface area contributed by atoms with Gasteiger partial charge in [0.05, 0.1) is 12.5 Å². The first-order chi connectivity index (χ1) is 11.5. The summed E-state index contributed by atoms with van der Waals surface area (Å²) in [4.78, 5) is 11.7. The van der Waals surface area contributed by atoms with Gasteiger partial charge in [-0.3, -0.25) is 4.79 Å². The van der Waals surface area contributed by atoms with Gasteiger partial charge in [0.1, 0.15) is 5.75 Å². The lowest BCUT2D eigenvalue weighted by molar-refractivity contribution is -0.138. The van der Waals surface area contributed by atoms with Crippen molar-refractivity contribution in [3.63, 3.8) is 0 Å². The third kappa shape index (κ3) is 5.12. The second-order valence-corrected chi connectivity index (χ2v) is 6.54. The van der Waals surface area contributed by atoms with Crippen molar-refractivity contribution in [3.8, 4) is 5.75 Å². The molecule has 3 nitrogen and oxygen atoms in total. The molecule has 2 aromatic rings. The van der Waals surface area contributed by atoms with Gasteiger partial charge >= 0.3 is 5.97 Å². The van der Waals surface area contributed by atoms with Crippen LogP contribution in [0.4, 0.5) is 0 Å². The fourth-order valence-electron chi connectivity index (χ4n) is 2.59. The topological polar surface area (TPSA) is 46.5 Å². The lowest BCUT2D eigenvalue weighted by atomic mass is 9.91. The van der Waals surface area contributed by atoms with E-state index in [9.17, 15) is 9.90 Å². The summed E-state index contributed by atoms with van der Waals surface area (Å²) in [6.07, 6.45) is 1.41. The predicted octanol–water partition coefficient (Wildman–Crippen LogP) is 4.69. The van der Waals surface area contributed by atoms with Crippen LogP contribution in [0.3, 0.4) is 0 Å². The molecular weight excluding hydrogens is 300 g/mol. The van der Waals surface area contributed by atoms with Crippen molar-refractivity contribution in [1.82, 2.24) is 0 Å². The Kier molecular flexibility index (Phi) is 6.42. The van der Waals surface area contributed by atoms with Gasteiger partial charge in [-0.05, 0) is 47.6 Å². The van der Waals surface area contributed by atoms with Gasteiger partial charge in [-0.25, -0.2) is 0 Å². The Morgan fingerprint density at radius 1 is 1.08 bits per heavy atom. The molecule has 1 N–H and O–H groups in total. The highest BCUT2D eigenvalue weighted by molar-refractivity contribution is 5.76. The summed E-state index contributed by atoms with van der Waals surface area (Å²) in [6.45, 7) is 6.95. The first kappa shape index (κ1) is 18.1. The first-order valence-corrected chi connectivity index (χ1v) is 8.53. The van der Waals surface area contributed by atoms with Crippen molar-refractivity contribution in [2.45, 2.75) is 39.5 Å². The van der Waals surface area contributed by atoms with Crippen LogP contribution in [0.5, 0.6) is 5.75 Å².